The molecule has 0 spiro atoms. The van der Waals surface area contributed by atoms with Crippen LogP contribution in [-0.2, 0) is 5.41 Å². The SMILES string of the molecule is c1ccc(-c2nc(-c3ccc4c5ccccc5n(-c5ccccc5)c4c3)nc(-n3c4ccccc4c4c5c(ccc43)C(c3ccccc3)(c3ccccc3)c3ccccc3-5)n2)cc1. The average Bonchev–Trinajstić information content (AvgIpc) is 3.99. The van der Waals surface area contributed by atoms with Gasteiger partial charge in [0, 0.05) is 38.4 Å². The van der Waals surface area contributed by atoms with Crippen LogP contribution in [-0.4, -0.2) is 24.1 Å². The predicted molar refractivity (Wildman–Crippen MR) is 257 cm³/mol. The van der Waals surface area contributed by atoms with Gasteiger partial charge in [-0.25, -0.2) is 4.98 Å². The summed E-state index contributed by atoms with van der Waals surface area (Å²) >= 11 is 0. The Morgan fingerprint density at radius 1 is 0.349 bits per heavy atom. The highest BCUT2D eigenvalue weighted by Gasteiger charge is 2.47. The van der Waals surface area contributed by atoms with Gasteiger partial charge in [-0.3, -0.25) is 4.57 Å². The van der Waals surface area contributed by atoms with Gasteiger partial charge in [-0.1, -0.05) is 188 Å². The summed E-state index contributed by atoms with van der Waals surface area (Å²) in [6.45, 7) is 0. The van der Waals surface area contributed by atoms with Crippen molar-refractivity contribution in [2.75, 3.05) is 0 Å². The summed E-state index contributed by atoms with van der Waals surface area (Å²) in [6.07, 6.45) is 0. The Bertz CT molecular complexity index is 3680. The first kappa shape index (κ1) is 35.4. The predicted octanol–water partition coefficient (Wildman–Crippen LogP) is 13.8. The van der Waals surface area contributed by atoms with Gasteiger partial charge in [0.2, 0.25) is 5.95 Å². The maximum Gasteiger partial charge on any atom is 0.238 e. The fourth-order valence-electron chi connectivity index (χ4n) is 10.5. The minimum Gasteiger partial charge on any atom is -0.309 e. The van der Waals surface area contributed by atoms with Crippen LogP contribution in [0.15, 0.2) is 224 Å². The van der Waals surface area contributed by atoms with Gasteiger partial charge in [-0.05, 0) is 69.8 Å². The van der Waals surface area contributed by atoms with Crippen LogP contribution in [0.2, 0.25) is 0 Å². The summed E-state index contributed by atoms with van der Waals surface area (Å²) in [6, 6.07) is 80.3. The third-order valence-corrected chi connectivity index (χ3v) is 13.1. The highest BCUT2D eigenvalue weighted by molar-refractivity contribution is 6.18. The Labute approximate surface area is 363 Å². The van der Waals surface area contributed by atoms with Gasteiger partial charge in [0.15, 0.2) is 11.6 Å². The smallest absolute Gasteiger partial charge is 0.238 e. The van der Waals surface area contributed by atoms with Crippen molar-refractivity contribution in [1.29, 1.82) is 0 Å². The maximum absolute atomic E-state index is 5.43. The Hall–Kier alpha value is -8.41. The topological polar surface area (TPSA) is 48.5 Å². The van der Waals surface area contributed by atoms with E-state index < -0.39 is 5.41 Å². The molecule has 5 nitrogen and oxygen atoms in total. The number of aromatic nitrogens is 5. The standard InChI is InChI=1S/C58H37N5/c1-5-19-38(20-6-1)55-59-56(39-33-34-44-43-27-14-17-31-49(43)62(52(44)37-39)42-25-11-4-12-26-42)61-57(60-55)63-50-32-18-15-29-46(50)54-51(63)36-35-48-53(54)45-28-13-16-30-47(45)58(48,40-21-7-2-8-22-40)41-23-9-3-10-24-41/h1-37H. The van der Waals surface area contributed by atoms with Crippen molar-refractivity contribution in [3.05, 3.63) is 247 Å². The first-order valence-electron chi connectivity index (χ1n) is 21.5. The second-order valence-corrected chi connectivity index (χ2v) is 16.3. The van der Waals surface area contributed by atoms with E-state index in [2.05, 4.69) is 215 Å². The molecule has 5 heteroatoms. The van der Waals surface area contributed by atoms with Gasteiger partial charge in [0.1, 0.15) is 0 Å². The van der Waals surface area contributed by atoms with E-state index in [4.69, 9.17) is 15.0 Å². The van der Waals surface area contributed by atoms with Crippen LogP contribution in [0.4, 0.5) is 0 Å². The highest BCUT2D eigenvalue weighted by Crippen LogP contribution is 2.58. The molecule has 0 bridgehead atoms. The Kier molecular flexibility index (Phi) is 7.75. The van der Waals surface area contributed by atoms with Crippen molar-refractivity contribution in [3.8, 4) is 45.5 Å². The van der Waals surface area contributed by atoms with Crippen molar-refractivity contribution in [3.63, 3.8) is 0 Å². The molecule has 1 aliphatic carbocycles. The maximum atomic E-state index is 5.43. The van der Waals surface area contributed by atoms with E-state index in [-0.39, 0.29) is 0 Å². The van der Waals surface area contributed by atoms with Gasteiger partial charge in [0.05, 0.1) is 27.5 Å². The molecule has 294 valence electrons. The van der Waals surface area contributed by atoms with E-state index in [1.165, 1.54) is 49.5 Å². The number of hydrogen-bond acceptors (Lipinski definition) is 3. The molecule has 0 N–H and O–H groups in total. The van der Waals surface area contributed by atoms with Gasteiger partial charge >= 0.3 is 0 Å². The molecule has 0 radical (unpaired) electrons. The zero-order valence-corrected chi connectivity index (χ0v) is 34.1. The third kappa shape index (κ3) is 5.14. The molecule has 1 aliphatic rings. The van der Waals surface area contributed by atoms with Crippen LogP contribution < -0.4 is 0 Å². The van der Waals surface area contributed by atoms with E-state index in [0.29, 0.717) is 17.6 Å². The van der Waals surface area contributed by atoms with Crippen molar-refractivity contribution in [2.45, 2.75) is 5.41 Å². The van der Waals surface area contributed by atoms with E-state index in [0.717, 1.165) is 44.3 Å². The summed E-state index contributed by atoms with van der Waals surface area (Å²) in [5.41, 5.74) is 14.2. The van der Waals surface area contributed by atoms with Crippen LogP contribution in [0.5, 0.6) is 0 Å². The number of benzene rings is 9. The summed E-state index contributed by atoms with van der Waals surface area (Å²) in [4.78, 5) is 16.0. The largest absolute Gasteiger partial charge is 0.309 e. The molecule has 9 aromatic carbocycles. The molecule has 13 rings (SSSR count). The molecule has 0 amide bonds. The van der Waals surface area contributed by atoms with Gasteiger partial charge in [-0.2, -0.15) is 9.97 Å². The molecule has 0 saturated heterocycles. The molecule has 3 heterocycles. The fourth-order valence-corrected chi connectivity index (χ4v) is 10.5. The first-order chi connectivity index (χ1) is 31.3. The van der Waals surface area contributed by atoms with Crippen molar-refractivity contribution in [1.82, 2.24) is 24.1 Å². The number of fused-ring (bicyclic) bond motifs is 10. The third-order valence-electron chi connectivity index (χ3n) is 13.1. The molecule has 0 aliphatic heterocycles. The lowest BCUT2D eigenvalue weighted by Gasteiger charge is -2.33. The van der Waals surface area contributed by atoms with E-state index in [1.807, 2.05) is 18.2 Å². The fraction of sp³-hybridized carbons (Fsp3) is 0.0172. The van der Waals surface area contributed by atoms with Crippen molar-refractivity contribution in [2.24, 2.45) is 0 Å². The van der Waals surface area contributed by atoms with E-state index in [1.54, 1.807) is 0 Å². The molecule has 0 saturated carbocycles. The molecule has 0 fully saturated rings. The quantitative estimate of drug-likeness (QED) is 0.168. The lowest BCUT2D eigenvalue weighted by atomic mass is 9.67. The number of rotatable bonds is 6. The van der Waals surface area contributed by atoms with Crippen LogP contribution in [0.25, 0.3) is 89.2 Å². The number of para-hydroxylation sites is 3. The molecule has 63 heavy (non-hydrogen) atoms. The second kappa shape index (κ2) is 13.8. The zero-order valence-electron chi connectivity index (χ0n) is 34.1. The number of hydrogen-bond donors (Lipinski definition) is 0. The van der Waals surface area contributed by atoms with Gasteiger partial charge in [-0.15, -0.1) is 0 Å². The molecular formula is C58H37N5. The van der Waals surface area contributed by atoms with Crippen molar-refractivity contribution >= 4 is 43.6 Å². The Morgan fingerprint density at radius 2 is 0.905 bits per heavy atom. The lowest BCUT2D eigenvalue weighted by molar-refractivity contribution is 0.769. The summed E-state index contributed by atoms with van der Waals surface area (Å²) in [5.74, 6) is 1.79. The molecule has 12 aromatic rings. The first-order valence-corrected chi connectivity index (χ1v) is 21.5. The lowest BCUT2D eigenvalue weighted by Crippen LogP contribution is -2.28. The minimum atomic E-state index is -0.520. The van der Waals surface area contributed by atoms with E-state index in [9.17, 15) is 0 Å². The van der Waals surface area contributed by atoms with Gasteiger partial charge in [0.25, 0.3) is 0 Å². The Balaban J connectivity index is 1.10. The second-order valence-electron chi connectivity index (χ2n) is 16.3. The summed E-state index contributed by atoms with van der Waals surface area (Å²) in [5, 5.41) is 4.70. The van der Waals surface area contributed by atoms with Crippen LogP contribution >= 0.6 is 0 Å². The van der Waals surface area contributed by atoms with E-state index >= 15 is 0 Å². The summed E-state index contributed by atoms with van der Waals surface area (Å²) in [7, 11) is 0. The number of nitrogens with zero attached hydrogens (tertiary/aromatic N) is 5. The van der Waals surface area contributed by atoms with Crippen LogP contribution in [0, 0.1) is 0 Å². The molecular weight excluding hydrogens is 767 g/mol. The Morgan fingerprint density at radius 3 is 1.62 bits per heavy atom. The monoisotopic (exact) mass is 803 g/mol. The average molecular weight is 804 g/mol. The normalized spacial score (nSPS) is 12.9. The van der Waals surface area contributed by atoms with Crippen LogP contribution in [0.3, 0.4) is 0 Å². The zero-order chi connectivity index (χ0) is 41.5. The molecule has 0 unspecified atom stereocenters. The minimum absolute atomic E-state index is 0.520. The van der Waals surface area contributed by atoms with Crippen molar-refractivity contribution < 1.29 is 0 Å². The highest BCUT2D eigenvalue weighted by atomic mass is 15.2. The molecule has 3 aromatic heterocycles. The van der Waals surface area contributed by atoms with Crippen LogP contribution in [0.1, 0.15) is 22.3 Å². The van der Waals surface area contributed by atoms with Gasteiger partial charge < -0.3 is 4.57 Å². The molecule has 0 atom stereocenters. The summed E-state index contributed by atoms with van der Waals surface area (Å²) < 4.78 is 4.58.